The van der Waals surface area contributed by atoms with Crippen molar-refractivity contribution in [3.63, 3.8) is 0 Å². The standard InChI is InChI=1S/2C25H31N5O.C2H2O4/c2*1-26-25(31)18-30-17-20(22-4-2-3-5-24(22)30)9-11-28-12-14-29(15-13-28)21-6-7-23-19(16-21)8-10-27-23;3-1(4)2(5)6/h2*2-8,10,16,20,27H,9,11-15,17-18H2,1H3,(H,26,31);(H,3,4)(H,5,6)/t2*20-;/m11./s1. The average Bonchev–Trinajstić information content (AvgIpc) is 4.19. The highest BCUT2D eigenvalue weighted by atomic mass is 16.4. The van der Waals surface area contributed by atoms with Gasteiger partial charge in [-0.25, -0.2) is 9.59 Å². The molecule has 2 atom stereocenters. The van der Waals surface area contributed by atoms with Crippen molar-refractivity contribution in [1.29, 1.82) is 0 Å². The molecule has 0 radical (unpaired) electrons. The van der Waals surface area contributed by atoms with E-state index in [9.17, 15) is 9.59 Å². The molecule has 2 fully saturated rings. The SMILES string of the molecule is CNC(=O)CN1C[C@@H](CCN2CCN(c3ccc4[nH]ccc4c3)CC2)c2ccccc21.CNC(=O)CN1C[C@@H](CCN2CCN(c3ccc4[nH]ccc4c3)CC2)c2ccccc21.O=C(O)C(=O)O. The number of hydrogen-bond acceptors (Lipinski definition) is 10. The molecule has 0 bridgehead atoms. The van der Waals surface area contributed by atoms with Crippen molar-refractivity contribution in [2.75, 3.05) is 125 Å². The first-order valence-corrected chi connectivity index (χ1v) is 23.7. The van der Waals surface area contributed by atoms with E-state index in [0.717, 1.165) is 91.4 Å². The second kappa shape index (κ2) is 22.2. The molecule has 6 aromatic rings. The van der Waals surface area contributed by atoms with Crippen LogP contribution in [-0.2, 0) is 19.2 Å². The van der Waals surface area contributed by atoms with Gasteiger partial charge in [-0.2, -0.15) is 0 Å². The van der Waals surface area contributed by atoms with Crippen LogP contribution in [0.3, 0.4) is 0 Å². The maximum atomic E-state index is 11.9. The second-order valence-electron chi connectivity index (χ2n) is 18.0. The van der Waals surface area contributed by atoms with Gasteiger partial charge in [0.25, 0.3) is 0 Å². The molecule has 68 heavy (non-hydrogen) atoms. The smallest absolute Gasteiger partial charge is 0.414 e. The molecule has 16 heteroatoms. The lowest BCUT2D eigenvalue weighted by Crippen LogP contribution is -2.46. The zero-order chi connectivity index (χ0) is 47.6. The zero-order valence-corrected chi connectivity index (χ0v) is 39.1. The molecule has 358 valence electrons. The zero-order valence-electron chi connectivity index (χ0n) is 39.1. The molecule has 0 unspecified atom stereocenters. The van der Waals surface area contributed by atoms with E-state index in [-0.39, 0.29) is 11.8 Å². The van der Waals surface area contributed by atoms with E-state index in [2.05, 4.69) is 147 Å². The van der Waals surface area contributed by atoms with E-state index in [1.807, 2.05) is 12.4 Å². The minimum Gasteiger partial charge on any atom is -0.473 e. The van der Waals surface area contributed by atoms with E-state index >= 15 is 0 Å². The number of hydrogen-bond donors (Lipinski definition) is 6. The predicted molar refractivity (Wildman–Crippen MR) is 269 cm³/mol. The maximum absolute atomic E-state index is 11.9. The molecule has 2 aromatic heterocycles. The molecule has 6 heterocycles. The van der Waals surface area contributed by atoms with Gasteiger partial charge in [0.15, 0.2) is 0 Å². The van der Waals surface area contributed by atoms with Crippen molar-refractivity contribution in [2.24, 2.45) is 0 Å². The summed E-state index contributed by atoms with van der Waals surface area (Å²) in [7, 11) is 3.41. The Morgan fingerprint density at radius 2 is 0.941 bits per heavy atom. The van der Waals surface area contributed by atoms with Crippen LogP contribution in [-0.4, -0.2) is 159 Å². The number of amides is 2. The number of anilines is 4. The van der Waals surface area contributed by atoms with Crippen molar-refractivity contribution in [3.8, 4) is 0 Å². The van der Waals surface area contributed by atoms with Crippen LogP contribution in [0.5, 0.6) is 0 Å². The topological polar surface area (TPSA) is 184 Å². The minimum atomic E-state index is -1.82. The number of para-hydroxylation sites is 2. The number of nitrogens with one attached hydrogen (secondary N) is 4. The van der Waals surface area contributed by atoms with Crippen molar-refractivity contribution in [2.45, 2.75) is 24.7 Å². The summed E-state index contributed by atoms with van der Waals surface area (Å²) in [5, 5.41) is 22.8. The summed E-state index contributed by atoms with van der Waals surface area (Å²) >= 11 is 0. The number of H-pyrrole nitrogens is 2. The Morgan fingerprint density at radius 1 is 0.544 bits per heavy atom. The van der Waals surface area contributed by atoms with E-state index in [4.69, 9.17) is 19.8 Å². The van der Waals surface area contributed by atoms with E-state index in [0.29, 0.717) is 24.9 Å². The summed E-state index contributed by atoms with van der Waals surface area (Å²) in [5.74, 6) is -2.51. The van der Waals surface area contributed by atoms with Crippen LogP contribution < -0.4 is 30.2 Å². The quantitative estimate of drug-likeness (QED) is 0.0883. The monoisotopic (exact) mass is 925 g/mol. The largest absolute Gasteiger partial charge is 0.473 e. The number of piperazine rings is 2. The minimum absolute atomic E-state index is 0.0735. The van der Waals surface area contributed by atoms with Crippen LogP contribution in [0.4, 0.5) is 22.7 Å². The molecule has 4 aliphatic heterocycles. The van der Waals surface area contributed by atoms with Gasteiger partial charge in [0.1, 0.15) is 0 Å². The van der Waals surface area contributed by atoms with Crippen LogP contribution in [0.15, 0.2) is 109 Å². The number of carboxylic acid groups (broad SMARTS) is 2. The Labute approximate surface area is 397 Å². The molecule has 2 amide bonds. The van der Waals surface area contributed by atoms with Crippen molar-refractivity contribution >= 4 is 68.3 Å². The number of carbonyl (C=O) groups excluding carboxylic acids is 2. The molecular weight excluding hydrogens is 861 g/mol. The number of carbonyl (C=O) groups is 4. The van der Waals surface area contributed by atoms with Crippen LogP contribution in [0.2, 0.25) is 0 Å². The van der Waals surface area contributed by atoms with Crippen molar-refractivity contribution in [3.05, 3.63) is 121 Å². The Kier molecular flexibility index (Phi) is 15.5. The van der Waals surface area contributed by atoms with Crippen LogP contribution >= 0.6 is 0 Å². The molecule has 10 rings (SSSR count). The summed E-state index contributed by atoms with van der Waals surface area (Å²) in [6.45, 7) is 13.6. The first kappa shape index (κ1) is 47.5. The highest BCUT2D eigenvalue weighted by Gasteiger charge is 2.31. The van der Waals surface area contributed by atoms with Crippen molar-refractivity contribution in [1.82, 2.24) is 30.4 Å². The number of aromatic amines is 2. The summed E-state index contributed by atoms with van der Waals surface area (Å²) in [6.07, 6.45) is 6.28. The summed E-state index contributed by atoms with van der Waals surface area (Å²) in [5.41, 5.74) is 10.3. The number of nitrogens with zero attached hydrogens (tertiary/aromatic N) is 6. The highest BCUT2D eigenvalue weighted by molar-refractivity contribution is 6.27. The Morgan fingerprint density at radius 3 is 1.32 bits per heavy atom. The fourth-order valence-corrected chi connectivity index (χ4v) is 10.1. The van der Waals surface area contributed by atoms with Crippen LogP contribution in [0.1, 0.15) is 35.8 Å². The Hall–Kier alpha value is -7.04. The Bertz CT molecular complexity index is 2490. The number of aliphatic carboxylic acids is 2. The van der Waals surface area contributed by atoms with Gasteiger partial charge in [-0.15, -0.1) is 0 Å². The van der Waals surface area contributed by atoms with E-state index in [1.165, 1.54) is 55.7 Å². The third-order valence-corrected chi connectivity index (χ3v) is 13.9. The maximum Gasteiger partial charge on any atom is 0.414 e. The third kappa shape index (κ3) is 11.5. The number of aromatic nitrogens is 2. The van der Waals surface area contributed by atoms with Gasteiger partial charge in [-0.05, 0) is 97.7 Å². The molecule has 2 saturated heterocycles. The molecule has 6 N–H and O–H groups in total. The molecule has 0 spiro atoms. The van der Waals surface area contributed by atoms with Gasteiger partial charge in [0.2, 0.25) is 11.8 Å². The third-order valence-electron chi connectivity index (χ3n) is 13.9. The summed E-state index contributed by atoms with van der Waals surface area (Å²) < 4.78 is 0. The molecule has 4 aromatic carbocycles. The normalized spacial score (nSPS) is 18.0. The number of carboxylic acids is 2. The number of benzene rings is 4. The van der Waals surface area contributed by atoms with Gasteiger partial charge >= 0.3 is 11.9 Å². The fraction of sp³-hybridized carbons (Fsp3) is 0.385. The lowest BCUT2D eigenvalue weighted by atomic mass is 9.97. The summed E-state index contributed by atoms with van der Waals surface area (Å²) in [6, 6.07) is 34.8. The van der Waals surface area contributed by atoms with Crippen LogP contribution in [0.25, 0.3) is 21.8 Å². The van der Waals surface area contributed by atoms with E-state index < -0.39 is 11.9 Å². The van der Waals surface area contributed by atoms with Gasteiger partial charge < -0.3 is 50.4 Å². The average molecular weight is 925 g/mol. The molecular formula is C52H64N10O6. The lowest BCUT2D eigenvalue weighted by molar-refractivity contribution is -0.159. The van der Waals surface area contributed by atoms with Gasteiger partial charge in [-0.1, -0.05) is 36.4 Å². The molecule has 4 aliphatic rings. The predicted octanol–water partition coefficient (Wildman–Crippen LogP) is 5.22. The molecule has 0 aliphatic carbocycles. The Balaban J connectivity index is 0.000000164. The van der Waals surface area contributed by atoms with Gasteiger partial charge in [-0.3, -0.25) is 19.4 Å². The first-order chi connectivity index (χ1) is 33.1. The van der Waals surface area contributed by atoms with Gasteiger partial charge in [0, 0.05) is 148 Å². The highest BCUT2D eigenvalue weighted by Crippen LogP contribution is 2.39. The van der Waals surface area contributed by atoms with Gasteiger partial charge in [0.05, 0.1) is 13.1 Å². The number of likely N-dealkylation sites (N-methyl/N-ethyl adjacent to an activating group) is 2. The number of fused-ring (bicyclic) bond motifs is 4. The summed E-state index contributed by atoms with van der Waals surface area (Å²) in [4.78, 5) is 63.2. The lowest BCUT2D eigenvalue weighted by Gasteiger charge is -2.36. The first-order valence-electron chi connectivity index (χ1n) is 23.7. The molecule has 0 saturated carbocycles. The second-order valence-corrected chi connectivity index (χ2v) is 18.0. The van der Waals surface area contributed by atoms with Crippen molar-refractivity contribution < 1.29 is 29.4 Å². The van der Waals surface area contributed by atoms with Crippen LogP contribution in [0, 0.1) is 0 Å². The van der Waals surface area contributed by atoms with E-state index in [1.54, 1.807) is 14.1 Å². The number of rotatable bonds is 12. The fourth-order valence-electron chi connectivity index (χ4n) is 10.1. The molecule has 16 nitrogen and oxygen atoms in total.